The summed E-state index contributed by atoms with van der Waals surface area (Å²) in [7, 11) is 2.90. The fourth-order valence-corrected chi connectivity index (χ4v) is 2.06. The van der Waals surface area contributed by atoms with E-state index in [1.165, 1.54) is 45.4 Å². The number of methoxy groups -OCH3 is 2. The van der Waals surface area contributed by atoms with E-state index in [1.54, 1.807) is 18.2 Å². The van der Waals surface area contributed by atoms with E-state index in [0.717, 1.165) is 0 Å². The van der Waals surface area contributed by atoms with Crippen LogP contribution in [0.25, 0.3) is 0 Å². The fourth-order valence-electron chi connectivity index (χ4n) is 2.06. The van der Waals surface area contributed by atoms with E-state index in [1.807, 2.05) is 0 Å². The maximum Gasteiger partial charge on any atom is 0.279 e. The Bertz CT molecular complexity index is 797. The minimum absolute atomic E-state index is 0.0571. The third-order valence-corrected chi connectivity index (χ3v) is 3.46. The molecule has 0 heterocycles. The molecule has 0 spiro atoms. The van der Waals surface area contributed by atoms with Crippen molar-refractivity contribution in [2.45, 2.75) is 13.0 Å². The minimum Gasteiger partial charge on any atom is -0.497 e. The van der Waals surface area contributed by atoms with Gasteiger partial charge in [0.05, 0.1) is 19.8 Å². The van der Waals surface area contributed by atoms with Crippen LogP contribution in [0.2, 0.25) is 0 Å². The average Bonchev–Trinajstić information content (AvgIpc) is 2.66. The topological polar surface area (TPSA) is 85.9 Å². The van der Waals surface area contributed by atoms with Crippen molar-refractivity contribution in [3.63, 3.8) is 0 Å². The molecule has 8 heteroatoms. The summed E-state index contributed by atoms with van der Waals surface area (Å²) in [5.41, 5.74) is 4.69. The fraction of sp³-hybridized carbons (Fsp3) is 0.222. The standard InChI is InChI=1S/C18H19FN2O5/c1-11(26-15-7-5-4-6-14(15)19)17(22)20-21-18(23)13-9-8-12(24-2)10-16(13)25-3/h4-11H,1-3H3,(H,20,22)(H,21,23)/t11-/m1/s1. The van der Waals surface area contributed by atoms with E-state index in [2.05, 4.69) is 10.9 Å². The van der Waals surface area contributed by atoms with Gasteiger partial charge in [-0.25, -0.2) is 4.39 Å². The van der Waals surface area contributed by atoms with Crippen LogP contribution in [0.4, 0.5) is 4.39 Å². The predicted octanol–water partition coefficient (Wildman–Crippen LogP) is 2.07. The van der Waals surface area contributed by atoms with Gasteiger partial charge in [0.15, 0.2) is 17.7 Å². The molecule has 2 amide bonds. The van der Waals surface area contributed by atoms with E-state index in [9.17, 15) is 14.0 Å². The second-order valence-corrected chi connectivity index (χ2v) is 5.20. The zero-order chi connectivity index (χ0) is 19.1. The SMILES string of the molecule is COc1ccc(C(=O)NNC(=O)[C@@H](C)Oc2ccccc2F)c(OC)c1. The van der Waals surface area contributed by atoms with Crippen molar-refractivity contribution in [3.8, 4) is 17.2 Å². The van der Waals surface area contributed by atoms with Gasteiger partial charge in [0.25, 0.3) is 11.8 Å². The first-order chi connectivity index (χ1) is 12.5. The summed E-state index contributed by atoms with van der Waals surface area (Å²) in [4.78, 5) is 24.2. The number of rotatable bonds is 6. The van der Waals surface area contributed by atoms with Gasteiger partial charge < -0.3 is 14.2 Å². The molecule has 0 aromatic heterocycles. The van der Waals surface area contributed by atoms with Gasteiger partial charge in [-0.3, -0.25) is 20.4 Å². The number of ether oxygens (including phenoxy) is 3. The van der Waals surface area contributed by atoms with Crippen LogP contribution >= 0.6 is 0 Å². The van der Waals surface area contributed by atoms with Gasteiger partial charge in [-0.05, 0) is 31.2 Å². The molecule has 0 aliphatic carbocycles. The molecule has 0 saturated heterocycles. The molecule has 1 atom stereocenters. The molecule has 0 unspecified atom stereocenters. The largest absolute Gasteiger partial charge is 0.497 e. The molecule has 2 aromatic carbocycles. The van der Waals surface area contributed by atoms with E-state index in [-0.39, 0.29) is 17.1 Å². The first-order valence-electron chi connectivity index (χ1n) is 7.69. The summed E-state index contributed by atoms with van der Waals surface area (Å²) >= 11 is 0. The van der Waals surface area contributed by atoms with Gasteiger partial charge in [-0.1, -0.05) is 12.1 Å². The van der Waals surface area contributed by atoms with E-state index in [4.69, 9.17) is 14.2 Å². The van der Waals surface area contributed by atoms with Crippen LogP contribution in [0.5, 0.6) is 17.2 Å². The van der Waals surface area contributed by atoms with E-state index >= 15 is 0 Å². The lowest BCUT2D eigenvalue weighted by Gasteiger charge is -2.16. The minimum atomic E-state index is -1.02. The average molecular weight is 362 g/mol. The quantitative estimate of drug-likeness (QED) is 0.769. The van der Waals surface area contributed by atoms with Crippen molar-refractivity contribution in [3.05, 3.63) is 53.8 Å². The molecule has 2 N–H and O–H groups in total. The van der Waals surface area contributed by atoms with Crippen molar-refractivity contribution >= 4 is 11.8 Å². The number of carbonyl (C=O) groups is 2. The Morgan fingerprint density at radius 2 is 1.73 bits per heavy atom. The van der Waals surface area contributed by atoms with Crippen LogP contribution in [0.15, 0.2) is 42.5 Å². The number of benzene rings is 2. The van der Waals surface area contributed by atoms with Gasteiger partial charge in [-0.2, -0.15) is 0 Å². The van der Waals surface area contributed by atoms with Crippen molar-refractivity contribution < 1.29 is 28.2 Å². The third-order valence-electron chi connectivity index (χ3n) is 3.46. The Labute approximate surface area is 150 Å². The molecule has 0 radical (unpaired) electrons. The molecule has 0 fully saturated rings. The first-order valence-corrected chi connectivity index (χ1v) is 7.69. The van der Waals surface area contributed by atoms with Crippen LogP contribution < -0.4 is 25.1 Å². The molecular formula is C18H19FN2O5. The van der Waals surface area contributed by atoms with Gasteiger partial charge in [0.2, 0.25) is 0 Å². The van der Waals surface area contributed by atoms with Crippen molar-refractivity contribution in [2.24, 2.45) is 0 Å². The predicted molar refractivity (Wildman–Crippen MR) is 91.6 cm³/mol. The number of hydrogen-bond acceptors (Lipinski definition) is 5. The van der Waals surface area contributed by atoms with Gasteiger partial charge in [-0.15, -0.1) is 0 Å². The highest BCUT2D eigenvalue weighted by Crippen LogP contribution is 2.24. The lowest BCUT2D eigenvalue weighted by Crippen LogP contribution is -2.47. The van der Waals surface area contributed by atoms with Crippen LogP contribution in [0.1, 0.15) is 17.3 Å². The van der Waals surface area contributed by atoms with Crippen molar-refractivity contribution in [2.75, 3.05) is 14.2 Å². The molecule has 0 saturated carbocycles. The zero-order valence-electron chi connectivity index (χ0n) is 14.5. The normalized spacial score (nSPS) is 11.2. The molecule has 7 nitrogen and oxygen atoms in total. The highest BCUT2D eigenvalue weighted by atomic mass is 19.1. The second kappa shape index (κ2) is 8.70. The Balaban J connectivity index is 1.96. The lowest BCUT2D eigenvalue weighted by atomic mass is 10.2. The third kappa shape index (κ3) is 4.62. The number of halogens is 1. The first kappa shape index (κ1) is 19.0. The zero-order valence-corrected chi connectivity index (χ0v) is 14.5. The van der Waals surface area contributed by atoms with Crippen LogP contribution in [-0.2, 0) is 4.79 Å². The second-order valence-electron chi connectivity index (χ2n) is 5.20. The molecule has 0 bridgehead atoms. The lowest BCUT2D eigenvalue weighted by molar-refractivity contribution is -0.128. The Kier molecular flexibility index (Phi) is 6.37. The Hall–Kier alpha value is -3.29. The summed E-state index contributed by atoms with van der Waals surface area (Å²) in [6, 6.07) is 10.3. The van der Waals surface area contributed by atoms with Gasteiger partial charge >= 0.3 is 0 Å². The maximum atomic E-state index is 13.5. The highest BCUT2D eigenvalue weighted by molar-refractivity contribution is 5.98. The molecule has 2 aromatic rings. The number of carbonyl (C=O) groups excluding carboxylic acids is 2. The smallest absolute Gasteiger partial charge is 0.279 e. The molecule has 0 aliphatic heterocycles. The maximum absolute atomic E-state index is 13.5. The molecule has 0 aliphatic rings. The molecule has 26 heavy (non-hydrogen) atoms. The number of hydrazine groups is 1. The number of nitrogens with one attached hydrogen (secondary N) is 2. The van der Waals surface area contributed by atoms with E-state index < -0.39 is 23.7 Å². The highest BCUT2D eigenvalue weighted by Gasteiger charge is 2.19. The van der Waals surface area contributed by atoms with Crippen molar-refractivity contribution in [1.29, 1.82) is 0 Å². The van der Waals surface area contributed by atoms with Crippen LogP contribution in [0.3, 0.4) is 0 Å². The van der Waals surface area contributed by atoms with Crippen molar-refractivity contribution in [1.82, 2.24) is 10.9 Å². The summed E-state index contributed by atoms with van der Waals surface area (Å²) in [5, 5.41) is 0. The van der Waals surface area contributed by atoms with Gasteiger partial charge in [0, 0.05) is 6.07 Å². The van der Waals surface area contributed by atoms with E-state index in [0.29, 0.717) is 5.75 Å². The summed E-state index contributed by atoms with van der Waals surface area (Å²) in [6.45, 7) is 1.43. The molecular weight excluding hydrogens is 343 g/mol. The van der Waals surface area contributed by atoms with Crippen LogP contribution in [-0.4, -0.2) is 32.1 Å². The Morgan fingerprint density at radius 1 is 1.00 bits per heavy atom. The summed E-state index contributed by atoms with van der Waals surface area (Å²) < 4.78 is 29.0. The number of amides is 2. The molecule has 2 rings (SSSR count). The molecule has 138 valence electrons. The summed E-state index contributed by atoms with van der Waals surface area (Å²) in [6.07, 6.45) is -1.02. The monoisotopic (exact) mass is 362 g/mol. The van der Waals surface area contributed by atoms with Gasteiger partial charge in [0.1, 0.15) is 11.5 Å². The number of para-hydroxylation sites is 1. The number of hydrogen-bond donors (Lipinski definition) is 2. The Morgan fingerprint density at radius 3 is 2.38 bits per heavy atom. The summed E-state index contributed by atoms with van der Waals surface area (Å²) in [5.74, 6) is -1.07. The van der Waals surface area contributed by atoms with Crippen LogP contribution in [0, 0.1) is 5.82 Å².